The molecule has 4 rings (SSSR count). The first-order valence-electron chi connectivity index (χ1n) is 9.04. The van der Waals surface area contributed by atoms with E-state index in [9.17, 15) is 9.18 Å². The summed E-state index contributed by atoms with van der Waals surface area (Å²) in [7, 11) is 0. The molecular weight excluding hydrogens is 379 g/mol. The molecule has 1 fully saturated rings. The molecule has 0 saturated carbocycles. The predicted octanol–water partition coefficient (Wildman–Crippen LogP) is 3.89. The summed E-state index contributed by atoms with van der Waals surface area (Å²) in [4.78, 5) is 18.4. The van der Waals surface area contributed by atoms with Crippen LogP contribution >= 0.6 is 12.2 Å². The van der Waals surface area contributed by atoms with Crippen molar-refractivity contribution in [3.63, 3.8) is 0 Å². The van der Waals surface area contributed by atoms with Crippen molar-refractivity contribution >= 4 is 45.6 Å². The maximum Gasteiger partial charge on any atom is 0.293 e. The number of carbonyl (C=O) groups excluding carboxylic acids is 1. The molecule has 0 radical (unpaired) electrons. The Bertz CT molecular complexity index is 989. The molecule has 0 spiro atoms. The minimum Gasteiger partial charge on any atom is -0.451 e. The molecule has 6 nitrogen and oxygen atoms in total. The molecule has 1 aromatic carbocycles. The van der Waals surface area contributed by atoms with Gasteiger partial charge >= 0.3 is 0 Å². The largest absolute Gasteiger partial charge is 0.451 e. The highest BCUT2D eigenvalue weighted by Gasteiger charge is 2.21. The van der Waals surface area contributed by atoms with E-state index in [1.54, 1.807) is 24.5 Å². The number of piperidine rings is 1. The Kier molecular flexibility index (Phi) is 5.21. The lowest BCUT2D eigenvalue weighted by Crippen LogP contribution is -2.38. The van der Waals surface area contributed by atoms with E-state index in [1.807, 2.05) is 29.2 Å². The number of nitrogens with one attached hydrogen (secondary N) is 2. The fourth-order valence-electron chi connectivity index (χ4n) is 3.31. The number of fused-ring (bicyclic) bond motifs is 1. The van der Waals surface area contributed by atoms with E-state index in [2.05, 4.69) is 15.6 Å². The van der Waals surface area contributed by atoms with Crippen molar-refractivity contribution in [1.82, 2.24) is 10.3 Å². The molecule has 0 aliphatic carbocycles. The monoisotopic (exact) mass is 398 g/mol. The van der Waals surface area contributed by atoms with Crippen LogP contribution in [0.3, 0.4) is 0 Å². The van der Waals surface area contributed by atoms with Crippen LogP contribution in [0, 0.1) is 0 Å². The summed E-state index contributed by atoms with van der Waals surface area (Å²) in [6.07, 6.45) is 3.78. The molecule has 144 valence electrons. The van der Waals surface area contributed by atoms with E-state index in [-0.39, 0.29) is 10.9 Å². The Morgan fingerprint density at radius 3 is 3.00 bits per heavy atom. The second-order valence-electron chi connectivity index (χ2n) is 6.64. The summed E-state index contributed by atoms with van der Waals surface area (Å²) < 4.78 is 19.3. The Labute approximate surface area is 166 Å². The Morgan fingerprint density at radius 2 is 2.18 bits per heavy atom. The van der Waals surface area contributed by atoms with E-state index < -0.39 is 12.1 Å². The molecule has 1 amide bonds. The highest BCUT2D eigenvalue weighted by molar-refractivity contribution is 7.80. The molecule has 2 N–H and O–H groups in total. The highest BCUT2D eigenvalue weighted by atomic mass is 32.1. The van der Waals surface area contributed by atoms with Crippen LogP contribution in [0.1, 0.15) is 23.4 Å². The minimum absolute atomic E-state index is 0.143. The molecule has 1 saturated heterocycles. The Balaban J connectivity index is 1.45. The van der Waals surface area contributed by atoms with Gasteiger partial charge in [-0.15, -0.1) is 0 Å². The number of aromatic nitrogens is 1. The third-order valence-corrected chi connectivity index (χ3v) is 4.83. The Hall–Kier alpha value is -3.00. The van der Waals surface area contributed by atoms with Gasteiger partial charge in [-0.1, -0.05) is 12.1 Å². The second kappa shape index (κ2) is 7.93. The van der Waals surface area contributed by atoms with Gasteiger partial charge in [0.05, 0.1) is 11.4 Å². The molecule has 3 aromatic rings. The number of furan rings is 1. The number of hydrogen-bond donors (Lipinski definition) is 2. The number of para-hydroxylation sites is 2. The van der Waals surface area contributed by atoms with Crippen LogP contribution in [0.15, 0.2) is 53.2 Å². The van der Waals surface area contributed by atoms with Crippen LogP contribution in [-0.2, 0) is 0 Å². The maximum atomic E-state index is 13.8. The number of pyridine rings is 1. The van der Waals surface area contributed by atoms with Crippen LogP contribution in [0.25, 0.3) is 11.0 Å². The number of thiocarbonyl (C=S) groups is 1. The van der Waals surface area contributed by atoms with E-state index >= 15 is 0 Å². The maximum absolute atomic E-state index is 13.8. The van der Waals surface area contributed by atoms with Gasteiger partial charge in [-0.2, -0.15) is 0 Å². The van der Waals surface area contributed by atoms with Crippen molar-refractivity contribution in [2.75, 3.05) is 23.3 Å². The lowest BCUT2D eigenvalue weighted by Gasteiger charge is -2.32. The smallest absolute Gasteiger partial charge is 0.293 e. The third-order valence-electron chi connectivity index (χ3n) is 4.62. The number of rotatable bonds is 3. The van der Waals surface area contributed by atoms with Gasteiger partial charge in [-0.25, -0.2) is 4.39 Å². The first kappa shape index (κ1) is 18.4. The number of carbonyl (C=O) groups is 1. The standard InChI is InChI=1S/C20H19FN4O2S/c21-14-4-3-9-25(12-14)16-6-2-1-5-15(16)23-20(28)24-19(26)18-10-13-11-22-8-7-17(13)27-18/h1-2,5-8,10-11,14H,3-4,9,12H2,(H2,23,24,26,28). The lowest BCUT2D eigenvalue weighted by molar-refractivity contribution is 0.0953. The van der Waals surface area contributed by atoms with E-state index in [1.165, 1.54) is 0 Å². The zero-order valence-electron chi connectivity index (χ0n) is 15.0. The first-order valence-corrected chi connectivity index (χ1v) is 9.45. The molecule has 1 atom stereocenters. The molecule has 2 aromatic heterocycles. The zero-order valence-corrected chi connectivity index (χ0v) is 15.8. The summed E-state index contributed by atoms with van der Waals surface area (Å²) in [6.45, 7) is 1.14. The van der Waals surface area contributed by atoms with Gasteiger partial charge in [0.15, 0.2) is 10.9 Å². The molecular formula is C20H19FN4O2S. The molecule has 8 heteroatoms. The van der Waals surface area contributed by atoms with Crippen LogP contribution in [0.2, 0.25) is 0 Å². The molecule has 1 aliphatic rings. The Morgan fingerprint density at radius 1 is 1.32 bits per heavy atom. The molecule has 0 bridgehead atoms. The van der Waals surface area contributed by atoms with Gasteiger partial charge in [0.25, 0.3) is 5.91 Å². The SMILES string of the molecule is O=C(NC(=S)Nc1ccccc1N1CCCC(F)C1)c1cc2cnccc2o1. The van der Waals surface area contributed by atoms with Gasteiger partial charge in [-0.05, 0) is 49.3 Å². The molecule has 28 heavy (non-hydrogen) atoms. The van der Waals surface area contributed by atoms with Gasteiger partial charge in [0, 0.05) is 30.9 Å². The molecule has 3 heterocycles. The number of amides is 1. The van der Waals surface area contributed by atoms with Gasteiger partial charge in [0.1, 0.15) is 11.8 Å². The van der Waals surface area contributed by atoms with Crippen molar-refractivity contribution in [3.05, 3.63) is 54.6 Å². The number of benzene rings is 1. The third kappa shape index (κ3) is 3.96. The first-order chi connectivity index (χ1) is 13.6. The summed E-state index contributed by atoms with van der Waals surface area (Å²) in [5.41, 5.74) is 2.15. The van der Waals surface area contributed by atoms with Crippen molar-refractivity contribution < 1.29 is 13.6 Å². The quantitative estimate of drug-likeness (QED) is 0.653. The van der Waals surface area contributed by atoms with Gasteiger partial charge in [-0.3, -0.25) is 15.1 Å². The normalized spacial score (nSPS) is 16.8. The number of nitrogens with zero attached hydrogens (tertiary/aromatic N) is 2. The summed E-state index contributed by atoms with van der Waals surface area (Å²) in [6, 6.07) is 10.8. The number of alkyl halides is 1. The molecule has 1 unspecified atom stereocenters. The topological polar surface area (TPSA) is 70.4 Å². The van der Waals surface area contributed by atoms with Crippen molar-refractivity contribution in [3.8, 4) is 0 Å². The van der Waals surface area contributed by atoms with Crippen LogP contribution in [0.5, 0.6) is 0 Å². The summed E-state index contributed by atoms with van der Waals surface area (Å²) >= 11 is 5.29. The fraction of sp³-hybridized carbons (Fsp3) is 0.250. The highest BCUT2D eigenvalue weighted by Crippen LogP contribution is 2.29. The number of hydrogen-bond acceptors (Lipinski definition) is 5. The van der Waals surface area contributed by atoms with Gasteiger partial charge < -0.3 is 14.6 Å². The van der Waals surface area contributed by atoms with Crippen molar-refractivity contribution in [2.24, 2.45) is 0 Å². The minimum atomic E-state index is -0.837. The number of anilines is 2. The van der Waals surface area contributed by atoms with Crippen LogP contribution in [0.4, 0.5) is 15.8 Å². The van der Waals surface area contributed by atoms with E-state index in [0.29, 0.717) is 18.5 Å². The second-order valence-corrected chi connectivity index (χ2v) is 7.04. The van der Waals surface area contributed by atoms with E-state index in [4.69, 9.17) is 16.6 Å². The van der Waals surface area contributed by atoms with Crippen molar-refractivity contribution in [2.45, 2.75) is 19.0 Å². The average Bonchev–Trinajstić information content (AvgIpc) is 3.13. The van der Waals surface area contributed by atoms with Crippen molar-refractivity contribution in [1.29, 1.82) is 0 Å². The summed E-state index contributed by atoms with van der Waals surface area (Å²) in [5, 5.41) is 6.54. The zero-order chi connectivity index (χ0) is 19.5. The fourth-order valence-corrected chi connectivity index (χ4v) is 3.52. The number of halogens is 1. The van der Waals surface area contributed by atoms with E-state index in [0.717, 1.165) is 29.7 Å². The molecule has 1 aliphatic heterocycles. The van der Waals surface area contributed by atoms with Crippen LogP contribution in [-0.4, -0.2) is 35.3 Å². The average molecular weight is 398 g/mol. The lowest BCUT2D eigenvalue weighted by atomic mass is 10.1. The van der Waals surface area contributed by atoms with Gasteiger partial charge in [0.2, 0.25) is 0 Å². The summed E-state index contributed by atoms with van der Waals surface area (Å²) in [5.74, 6) is -0.301. The van der Waals surface area contributed by atoms with Crippen LogP contribution < -0.4 is 15.5 Å². The predicted molar refractivity (Wildman–Crippen MR) is 110 cm³/mol.